The fourth-order valence-electron chi connectivity index (χ4n) is 5.28. The highest BCUT2D eigenvalue weighted by Crippen LogP contribution is 2.32. The van der Waals surface area contributed by atoms with Gasteiger partial charge in [-0.3, -0.25) is 4.90 Å². The predicted molar refractivity (Wildman–Crippen MR) is 151 cm³/mol. The van der Waals surface area contributed by atoms with Crippen LogP contribution in [0.2, 0.25) is 0 Å². The topological polar surface area (TPSA) is 113 Å². The molecule has 3 aromatic heterocycles. The molecule has 204 valence electrons. The number of aromatic nitrogens is 5. The number of hydrogen-bond donors (Lipinski definition) is 2. The van der Waals surface area contributed by atoms with Gasteiger partial charge in [-0.25, -0.2) is 19.7 Å². The van der Waals surface area contributed by atoms with Gasteiger partial charge in [-0.05, 0) is 36.4 Å². The lowest BCUT2D eigenvalue weighted by Gasteiger charge is -2.34. The first-order valence-corrected chi connectivity index (χ1v) is 13.6. The SMILES string of the molecule is O=C(Nc1ccc2c(c1)OCCCO2)N1CCN(Cc2nc3cccnc3n2Cc2nc3ccccc3[nH]2)CC1. The van der Waals surface area contributed by atoms with E-state index < -0.39 is 0 Å². The van der Waals surface area contributed by atoms with Crippen molar-refractivity contribution in [3.63, 3.8) is 0 Å². The summed E-state index contributed by atoms with van der Waals surface area (Å²) >= 11 is 0. The van der Waals surface area contributed by atoms with Crippen LogP contribution >= 0.6 is 0 Å². The number of ether oxygens (including phenoxy) is 2. The van der Waals surface area contributed by atoms with Gasteiger partial charge < -0.3 is 29.2 Å². The molecule has 0 unspecified atom stereocenters. The number of aromatic amines is 1. The van der Waals surface area contributed by atoms with Gasteiger partial charge in [0.1, 0.15) is 17.2 Å². The molecule has 0 aliphatic carbocycles. The van der Waals surface area contributed by atoms with Gasteiger partial charge in [-0.15, -0.1) is 0 Å². The maximum absolute atomic E-state index is 13.0. The average Bonchev–Trinajstić information content (AvgIpc) is 3.45. The number of pyridine rings is 1. The van der Waals surface area contributed by atoms with Crippen LogP contribution in [-0.4, -0.2) is 79.7 Å². The van der Waals surface area contributed by atoms with Crippen molar-refractivity contribution < 1.29 is 14.3 Å². The monoisotopic (exact) mass is 538 g/mol. The molecule has 2 aliphatic heterocycles. The predicted octanol–water partition coefficient (Wildman–Crippen LogP) is 3.87. The second-order valence-corrected chi connectivity index (χ2v) is 10.1. The Balaban J connectivity index is 1.02. The maximum atomic E-state index is 13.0. The number of nitrogens with zero attached hydrogens (tertiary/aromatic N) is 6. The second-order valence-electron chi connectivity index (χ2n) is 10.1. The summed E-state index contributed by atoms with van der Waals surface area (Å²) in [5.41, 5.74) is 4.35. The number of nitrogens with one attached hydrogen (secondary N) is 2. The Morgan fingerprint density at radius 1 is 0.900 bits per heavy atom. The van der Waals surface area contributed by atoms with Gasteiger partial charge in [-0.2, -0.15) is 0 Å². The summed E-state index contributed by atoms with van der Waals surface area (Å²) in [7, 11) is 0. The number of carbonyl (C=O) groups excluding carboxylic acids is 1. The Morgan fingerprint density at radius 3 is 2.60 bits per heavy atom. The van der Waals surface area contributed by atoms with Crippen LogP contribution in [0.25, 0.3) is 22.2 Å². The van der Waals surface area contributed by atoms with E-state index in [1.165, 1.54) is 0 Å². The Labute approximate surface area is 230 Å². The summed E-state index contributed by atoms with van der Waals surface area (Å²) in [4.78, 5) is 34.9. The summed E-state index contributed by atoms with van der Waals surface area (Å²) in [5.74, 6) is 3.17. The van der Waals surface area contributed by atoms with Crippen molar-refractivity contribution in [1.82, 2.24) is 34.3 Å². The van der Waals surface area contributed by atoms with Gasteiger partial charge in [0, 0.05) is 50.6 Å². The van der Waals surface area contributed by atoms with Crippen LogP contribution in [0.1, 0.15) is 18.1 Å². The Hall–Kier alpha value is -4.64. The van der Waals surface area contributed by atoms with Crippen molar-refractivity contribution in [2.45, 2.75) is 19.5 Å². The smallest absolute Gasteiger partial charge is 0.321 e. The third-order valence-electron chi connectivity index (χ3n) is 7.35. The number of piperazine rings is 1. The number of benzene rings is 2. The summed E-state index contributed by atoms with van der Waals surface area (Å²) in [6.07, 6.45) is 2.64. The first kappa shape index (κ1) is 24.4. The zero-order valence-electron chi connectivity index (χ0n) is 22.0. The molecule has 0 atom stereocenters. The van der Waals surface area contributed by atoms with E-state index in [-0.39, 0.29) is 6.03 Å². The van der Waals surface area contributed by atoms with Crippen LogP contribution in [0.4, 0.5) is 10.5 Å². The molecule has 5 heterocycles. The molecule has 11 heteroatoms. The number of anilines is 1. The maximum Gasteiger partial charge on any atom is 0.321 e. The molecule has 0 spiro atoms. The number of urea groups is 1. The minimum Gasteiger partial charge on any atom is -0.490 e. The van der Waals surface area contributed by atoms with E-state index in [9.17, 15) is 4.79 Å². The molecule has 2 aromatic carbocycles. The van der Waals surface area contributed by atoms with Gasteiger partial charge >= 0.3 is 6.03 Å². The van der Waals surface area contributed by atoms with Crippen molar-refractivity contribution in [3.8, 4) is 11.5 Å². The molecule has 7 rings (SSSR count). The van der Waals surface area contributed by atoms with E-state index >= 15 is 0 Å². The quantitative estimate of drug-likeness (QED) is 0.349. The molecule has 0 radical (unpaired) electrons. The van der Waals surface area contributed by atoms with Gasteiger partial charge in [0.05, 0.1) is 37.3 Å². The molecule has 1 fully saturated rings. The van der Waals surface area contributed by atoms with Crippen molar-refractivity contribution >= 4 is 33.9 Å². The molecule has 5 aromatic rings. The first-order chi connectivity index (χ1) is 19.7. The zero-order chi connectivity index (χ0) is 26.9. The van der Waals surface area contributed by atoms with Crippen molar-refractivity contribution in [1.29, 1.82) is 0 Å². The fourth-order valence-corrected chi connectivity index (χ4v) is 5.28. The molecular weight excluding hydrogens is 508 g/mol. The van der Waals surface area contributed by atoms with Gasteiger partial charge in [0.2, 0.25) is 0 Å². The lowest BCUT2D eigenvalue weighted by Crippen LogP contribution is -2.49. The lowest BCUT2D eigenvalue weighted by molar-refractivity contribution is 0.140. The second kappa shape index (κ2) is 10.5. The highest BCUT2D eigenvalue weighted by atomic mass is 16.5. The van der Waals surface area contributed by atoms with Gasteiger partial charge in [0.15, 0.2) is 17.1 Å². The normalized spacial score (nSPS) is 15.8. The minimum absolute atomic E-state index is 0.115. The number of fused-ring (bicyclic) bond motifs is 3. The van der Waals surface area contributed by atoms with Crippen molar-refractivity contribution in [2.24, 2.45) is 0 Å². The number of hydrogen-bond acceptors (Lipinski definition) is 7. The Kier molecular flexibility index (Phi) is 6.40. The van der Waals surface area contributed by atoms with Gasteiger partial charge in [0.25, 0.3) is 0 Å². The molecule has 2 amide bonds. The molecule has 40 heavy (non-hydrogen) atoms. The van der Waals surface area contributed by atoms with E-state index in [0.717, 1.165) is 53.4 Å². The number of imidazole rings is 2. The van der Waals surface area contributed by atoms with Crippen molar-refractivity contribution in [2.75, 3.05) is 44.7 Å². The summed E-state index contributed by atoms with van der Waals surface area (Å²) in [6.45, 7) is 5.19. The molecular formula is C29H30N8O3. The third-order valence-corrected chi connectivity index (χ3v) is 7.35. The molecule has 2 aliphatic rings. The minimum atomic E-state index is -0.115. The highest BCUT2D eigenvalue weighted by Gasteiger charge is 2.24. The van der Waals surface area contributed by atoms with Gasteiger partial charge in [-0.1, -0.05) is 12.1 Å². The zero-order valence-corrected chi connectivity index (χ0v) is 22.0. The van der Waals surface area contributed by atoms with Crippen LogP contribution < -0.4 is 14.8 Å². The van der Waals surface area contributed by atoms with E-state index in [1.807, 2.05) is 59.5 Å². The number of carbonyl (C=O) groups is 1. The average molecular weight is 539 g/mol. The van der Waals surface area contributed by atoms with E-state index in [0.29, 0.717) is 56.6 Å². The Bertz CT molecular complexity index is 1640. The van der Waals surface area contributed by atoms with Crippen LogP contribution in [-0.2, 0) is 13.1 Å². The largest absolute Gasteiger partial charge is 0.490 e. The molecule has 11 nitrogen and oxygen atoms in total. The summed E-state index contributed by atoms with van der Waals surface area (Å²) in [5, 5.41) is 3.01. The number of H-pyrrole nitrogens is 1. The highest BCUT2D eigenvalue weighted by molar-refractivity contribution is 5.89. The summed E-state index contributed by atoms with van der Waals surface area (Å²) < 4.78 is 13.6. The number of para-hydroxylation sites is 2. The molecule has 1 saturated heterocycles. The van der Waals surface area contributed by atoms with E-state index in [1.54, 1.807) is 6.20 Å². The fraction of sp³-hybridized carbons (Fsp3) is 0.310. The van der Waals surface area contributed by atoms with Crippen LogP contribution in [0.5, 0.6) is 11.5 Å². The molecule has 2 N–H and O–H groups in total. The van der Waals surface area contributed by atoms with Crippen LogP contribution in [0.3, 0.4) is 0 Å². The molecule has 0 saturated carbocycles. The van der Waals surface area contributed by atoms with Crippen molar-refractivity contribution in [3.05, 3.63) is 72.4 Å². The number of rotatable bonds is 5. The third kappa shape index (κ3) is 4.91. The van der Waals surface area contributed by atoms with Crippen LogP contribution in [0.15, 0.2) is 60.8 Å². The van der Waals surface area contributed by atoms with Crippen LogP contribution in [0, 0.1) is 0 Å². The molecule has 0 bridgehead atoms. The lowest BCUT2D eigenvalue weighted by atomic mass is 10.2. The number of amides is 2. The Morgan fingerprint density at radius 2 is 1.73 bits per heavy atom. The van der Waals surface area contributed by atoms with E-state index in [4.69, 9.17) is 19.4 Å². The first-order valence-electron chi connectivity index (χ1n) is 13.6. The van der Waals surface area contributed by atoms with E-state index in [2.05, 4.69) is 24.8 Å². The summed E-state index contributed by atoms with van der Waals surface area (Å²) in [6, 6.07) is 17.3. The standard InChI is InChI=1S/C29H30N8O3/c38-29(31-20-8-9-24-25(17-20)40-16-4-15-39-24)36-13-11-35(12-14-36)19-27-34-23-7-3-10-30-28(23)37(27)18-26-32-21-5-1-2-6-22(21)33-26/h1-3,5-10,17H,4,11-16,18-19H2,(H,31,38)(H,32,33).